The van der Waals surface area contributed by atoms with E-state index in [1.54, 1.807) is 6.08 Å². The number of hydrogen-bond donors (Lipinski definition) is 2. The third-order valence-corrected chi connectivity index (χ3v) is 5.66. The maximum atomic E-state index is 12.5. The fourth-order valence-electron chi connectivity index (χ4n) is 4.04. The van der Waals surface area contributed by atoms with E-state index in [-0.39, 0.29) is 5.92 Å². The Kier molecular flexibility index (Phi) is 4.59. The molecule has 1 aliphatic heterocycles. The summed E-state index contributed by atoms with van der Waals surface area (Å²) < 4.78 is 0. The third kappa shape index (κ3) is 3.54. The summed E-state index contributed by atoms with van der Waals surface area (Å²) in [6, 6.07) is 2.07. The molecule has 1 saturated carbocycles. The number of aromatic nitrogens is 2. The number of hydrogen-bond acceptors (Lipinski definition) is 4. The van der Waals surface area contributed by atoms with E-state index < -0.39 is 5.91 Å². The molecule has 1 aliphatic carbocycles. The molecule has 2 aromatic rings. The van der Waals surface area contributed by atoms with Crippen LogP contribution in [-0.2, 0) is 9.59 Å². The van der Waals surface area contributed by atoms with Crippen LogP contribution in [0.5, 0.6) is 0 Å². The van der Waals surface area contributed by atoms with E-state index in [0.29, 0.717) is 11.8 Å². The predicted molar refractivity (Wildman–Crippen MR) is 105 cm³/mol. The molecule has 2 fully saturated rings. The van der Waals surface area contributed by atoms with Crippen molar-refractivity contribution in [2.45, 2.75) is 19.8 Å². The number of pyridine rings is 1. The van der Waals surface area contributed by atoms with Gasteiger partial charge in [-0.1, -0.05) is 6.92 Å². The highest BCUT2D eigenvalue weighted by Gasteiger charge is 2.35. The van der Waals surface area contributed by atoms with Gasteiger partial charge in [-0.25, -0.2) is 4.98 Å². The maximum Gasteiger partial charge on any atom is 0.241 e. The summed E-state index contributed by atoms with van der Waals surface area (Å²) in [5, 5.41) is 0.951. The van der Waals surface area contributed by atoms with Crippen LogP contribution in [0.1, 0.15) is 25.3 Å². The van der Waals surface area contributed by atoms with Gasteiger partial charge in [0.1, 0.15) is 5.65 Å². The van der Waals surface area contributed by atoms with Crippen molar-refractivity contribution in [2.75, 3.05) is 31.1 Å². The third-order valence-electron chi connectivity index (χ3n) is 5.66. The Balaban J connectivity index is 1.45. The number of primary amides is 1. The summed E-state index contributed by atoms with van der Waals surface area (Å²) in [4.78, 5) is 35.4. The van der Waals surface area contributed by atoms with Crippen LogP contribution in [0.25, 0.3) is 17.1 Å². The summed E-state index contributed by atoms with van der Waals surface area (Å²) in [5.74, 6) is 0.780. The van der Waals surface area contributed by atoms with Gasteiger partial charge in [0.2, 0.25) is 11.8 Å². The van der Waals surface area contributed by atoms with Crippen molar-refractivity contribution in [2.24, 2.45) is 17.6 Å². The highest BCUT2D eigenvalue weighted by molar-refractivity contribution is 5.95. The lowest BCUT2D eigenvalue weighted by Crippen LogP contribution is -2.51. The number of aromatic amines is 1. The van der Waals surface area contributed by atoms with E-state index in [1.807, 2.05) is 17.3 Å². The average molecular weight is 367 g/mol. The molecule has 0 bridgehead atoms. The van der Waals surface area contributed by atoms with Gasteiger partial charge in [0.05, 0.1) is 11.9 Å². The number of piperazine rings is 1. The first kappa shape index (κ1) is 17.6. The van der Waals surface area contributed by atoms with Crippen molar-refractivity contribution in [1.29, 1.82) is 0 Å². The van der Waals surface area contributed by atoms with Gasteiger partial charge in [0, 0.05) is 55.3 Å². The molecule has 0 aromatic carbocycles. The van der Waals surface area contributed by atoms with Crippen LogP contribution in [0, 0.1) is 11.8 Å². The average Bonchev–Trinajstić information content (AvgIpc) is 3.05. The van der Waals surface area contributed by atoms with Gasteiger partial charge >= 0.3 is 0 Å². The normalized spacial score (nSPS) is 23.0. The number of amides is 2. The maximum absolute atomic E-state index is 12.5. The molecule has 2 amide bonds. The number of fused-ring (bicyclic) bond motifs is 1. The smallest absolute Gasteiger partial charge is 0.241 e. The Bertz CT molecular complexity index is 889. The molecular formula is C20H25N5O2. The zero-order chi connectivity index (χ0) is 19.0. The molecule has 4 rings (SSSR count). The van der Waals surface area contributed by atoms with E-state index in [9.17, 15) is 9.59 Å². The Labute approximate surface area is 158 Å². The Morgan fingerprint density at radius 3 is 2.67 bits per heavy atom. The molecule has 142 valence electrons. The molecule has 1 saturated heterocycles. The lowest BCUT2D eigenvalue weighted by atomic mass is 9.75. The Morgan fingerprint density at radius 2 is 2.00 bits per heavy atom. The topological polar surface area (TPSA) is 95.3 Å². The first-order chi connectivity index (χ1) is 13.0. The monoisotopic (exact) mass is 367 g/mol. The quantitative estimate of drug-likeness (QED) is 0.805. The van der Waals surface area contributed by atoms with E-state index in [2.05, 4.69) is 27.9 Å². The largest absolute Gasteiger partial charge is 0.367 e. The van der Waals surface area contributed by atoms with Crippen molar-refractivity contribution < 1.29 is 9.59 Å². The minimum atomic E-state index is -0.477. The van der Waals surface area contributed by atoms with E-state index in [1.165, 1.54) is 6.08 Å². The molecule has 2 aliphatic rings. The second-order valence-corrected chi connectivity index (χ2v) is 7.66. The standard InChI is InChI=1S/C20H25N5O2/c1-13-8-15(9-13)20(27)25-6-4-24(5-7-25)16-10-17-14(2-3-18(21)26)11-22-19(17)23-12-16/h2-3,10-13,15H,4-9H2,1H3,(H2,21,26)(H,22,23)/b3-2+/t13-,15+. The van der Waals surface area contributed by atoms with Gasteiger partial charge in [-0.05, 0) is 30.9 Å². The summed E-state index contributed by atoms with van der Waals surface area (Å²) in [6.45, 7) is 5.32. The number of nitrogens with two attached hydrogens (primary N) is 1. The Hall–Kier alpha value is -2.83. The van der Waals surface area contributed by atoms with Crippen LogP contribution in [0.15, 0.2) is 24.5 Å². The van der Waals surface area contributed by atoms with Crippen molar-refractivity contribution in [3.8, 4) is 0 Å². The lowest BCUT2D eigenvalue weighted by molar-refractivity contribution is -0.140. The molecule has 0 radical (unpaired) electrons. The molecule has 2 aromatic heterocycles. The molecule has 3 N–H and O–H groups in total. The van der Waals surface area contributed by atoms with Gasteiger partial charge in [0.25, 0.3) is 0 Å². The van der Waals surface area contributed by atoms with E-state index in [0.717, 1.165) is 61.3 Å². The van der Waals surface area contributed by atoms with Gasteiger partial charge in [-0.3, -0.25) is 9.59 Å². The molecule has 3 heterocycles. The van der Waals surface area contributed by atoms with Crippen LogP contribution in [-0.4, -0.2) is 52.9 Å². The number of carbonyl (C=O) groups is 2. The summed E-state index contributed by atoms with van der Waals surface area (Å²) in [7, 11) is 0. The van der Waals surface area contributed by atoms with Crippen LogP contribution in [0.3, 0.4) is 0 Å². The van der Waals surface area contributed by atoms with Gasteiger partial charge in [0.15, 0.2) is 0 Å². The molecule has 7 heteroatoms. The van der Waals surface area contributed by atoms with Crippen molar-refractivity contribution in [3.63, 3.8) is 0 Å². The van der Waals surface area contributed by atoms with Gasteiger partial charge in [-0.2, -0.15) is 0 Å². The molecular weight excluding hydrogens is 342 g/mol. The fourth-order valence-corrected chi connectivity index (χ4v) is 4.04. The van der Waals surface area contributed by atoms with Gasteiger partial charge in [-0.15, -0.1) is 0 Å². The van der Waals surface area contributed by atoms with Crippen LogP contribution in [0.4, 0.5) is 5.69 Å². The SMILES string of the molecule is C[C@H]1C[C@@H](C(=O)N2CCN(c3cnc4[nH]cc(/C=C/C(N)=O)c4c3)CC2)C1. The van der Waals surface area contributed by atoms with Crippen LogP contribution in [0.2, 0.25) is 0 Å². The number of nitrogens with zero attached hydrogens (tertiary/aromatic N) is 3. The molecule has 7 nitrogen and oxygen atoms in total. The van der Waals surface area contributed by atoms with E-state index in [4.69, 9.17) is 5.73 Å². The highest BCUT2D eigenvalue weighted by Crippen LogP contribution is 2.34. The van der Waals surface area contributed by atoms with Crippen molar-refractivity contribution in [3.05, 3.63) is 30.1 Å². The Morgan fingerprint density at radius 1 is 1.26 bits per heavy atom. The highest BCUT2D eigenvalue weighted by atomic mass is 16.2. The minimum Gasteiger partial charge on any atom is -0.367 e. The number of anilines is 1. The summed E-state index contributed by atoms with van der Waals surface area (Å²) >= 11 is 0. The predicted octanol–water partition coefficient (Wildman–Crippen LogP) is 1.76. The van der Waals surface area contributed by atoms with Crippen LogP contribution < -0.4 is 10.6 Å². The molecule has 0 atom stereocenters. The van der Waals surface area contributed by atoms with E-state index >= 15 is 0 Å². The van der Waals surface area contributed by atoms with Crippen molar-refractivity contribution in [1.82, 2.24) is 14.9 Å². The minimum absolute atomic E-state index is 0.240. The molecule has 27 heavy (non-hydrogen) atoms. The lowest BCUT2D eigenvalue weighted by Gasteiger charge is -2.40. The van der Waals surface area contributed by atoms with Crippen LogP contribution >= 0.6 is 0 Å². The zero-order valence-electron chi connectivity index (χ0n) is 15.5. The number of carbonyl (C=O) groups excluding carboxylic acids is 2. The summed E-state index contributed by atoms with van der Waals surface area (Å²) in [6.07, 6.45) is 8.79. The number of rotatable bonds is 4. The first-order valence-corrected chi connectivity index (χ1v) is 9.49. The second kappa shape index (κ2) is 7.06. The molecule has 0 spiro atoms. The van der Waals surface area contributed by atoms with Crippen molar-refractivity contribution >= 4 is 34.6 Å². The fraction of sp³-hybridized carbons (Fsp3) is 0.450. The molecule has 0 unspecified atom stereocenters. The number of H-pyrrole nitrogens is 1. The first-order valence-electron chi connectivity index (χ1n) is 9.49. The summed E-state index contributed by atoms with van der Waals surface area (Å²) in [5.41, 5.74) is 7.87. The second-order valence-electron chi connectivity index (χ2n) is 7.66. The van der Waals surface area contributed by atoms with Gasteiger partial charge < -0.3 is 20.5 Å². The zero-order valence-corrected chi connectivity index (χ0v) is 15.5. The number of nitrogens with one attached hydrogen (secondary N) is 1.